The molecule has 1 aromatic heterocycles. The first kappa shape index (κ1) is 16.9. The van der Waals surface area contributed by atoms with Gasteiger partial charge in [-0.25, -0.2) is 4.79 Å². The zero-order valence-electron chi connectivity index (χ0n) is 13.3. The van der Waals surface area contributed by atoms with Crippen molar-refractivity contribution in [3.05, 3.63) is 29.6 Å². The maximum absolute atomic E-state index is 12.4. The normalized spacial score (nSPS) is 15.9. The van der Waals surface area contributed by atoms with Crippen molar-refractivity contribution in [1.82, 2.24) is 15.2 Å². The summed E-state index contributed by atoms with van der Waals surface area (Å²) >= 11 is 0. The molecule has 1 aliphatic rings. The molecule has 2 rings (SSSR count). The molecule has 2 amide bonds. The number of rotatable bonds is 5. The van der Waals surface area contributed by atoms with E-state index < -0.39 is 17.3 Å². The van der Waals surface area contributed by atoms with E-state index in [0.717, 1.165) is 25.7 Å². The molecule has 7 heteroatoms. The second kappa shape index (κ2) is 6.76. The molecule has 0 radical (unpaired) electrons. The van der Waals surface area contributed by atoms with Crippen LogP contribution in [0.15, 0.2) is 18.3 Å². The van der Waals surface area contributed by atoms with Gasteiger partial charge in [0.15, 0.2) is 0 Å². The standard InChI is InChI=1S/C16H21N3O4/c1-19(2)15(23)16(6-3-4-7-16)10-18-13(20)12-9-11(14(21)22)5-8-17-12/h5,8-9H,3-4,6-7,10H2,1-2H3,(H,18,20)(H,21,22). The summed E-state index contributed by atoms with van der Waals surface area (Å²) in [5.41, 5.74) is -0.524. The number of carbonyl (C=O) groups excluding carboxylic acids is 2. The van der Waals surface area contributed by atoms with E-state index >= 15 is 0 Å². The summed E-state index contributed by atoms with van der Waals surface area (Å²) in [6.07, 6.45) is 4.69. The minimum absolute atomic E-state index is 0.00472. The van der Waals surface area contributed by atoms with Crippen molar-refractivity contribution in [1.29, 1.82) is 0 Å². The number of hydrogen-bond acceptors (Lipinski definition) is 4. The van der Waals surface area contributed by atoms with Crippen LogP contribution < -0.4 is 5.32 Å². The Morgan fingerprint density at radius 2 is 1.96 bits per heavy atom. The van der Waals surface area contributed by atoms with Crippen LogP contribution in [0.3, 0.4) is 0 Å². The Labute approximate surface area is 134 Å². The van der Waals surface area contributed by atoms with Gasteiger partial charge in [0.25, 0.3) is 5.91 Å². The molecule has 0 bridgehead atoms. The fraction of sp³-hybridized carbons (Fsp3) is 0.500. The van der Waals surface area contributed by atoms with Crippen molar-refractivity contribution in [2.45, 2.75) is 25.7 Å². The first-order chi connectivity index (χ1) is 10.9. The molecule has 0 unspecified atom stereocenters. The molecular weight excluding hydrogens is 298 g/mol. The van der Waals surface area contributed by atoms with Gasteiger partial charge in [-0.1, -0.05) is 12.8 Å². The number of pyridine rings is 1. The molecule has 23 heavy (non-hydrogen) atoms. The average Bonchev–Trinajstić information content (AvgIpc) is 3.01. The van der Waals surface area contributed by atoms with E-state index in [-0.39, 0.29) is 23.7 Å². The number of nitrogens with zero attached hydrogens (tertiary/aromatic N) is 2. The van der Waals surface area contributed by atoms with Gasteiger partial charge in [-0.2, -0.15) is 0 Å². The van der Waals surface area contributed by atoms with Gasteiger partial charge in [0.2, 0.25) is 5.91 Å². The fourth-order valence-electron chi connectivity index (χ4n) is 3.02. The molecule has 1 heterocycles. The number of aromatic nitrogens is 1. The molecule has 1 aromatic rings. The Bertz CT molecular complexity index is 622. The highest BCUT2D eigenvalue weighted by molar-refractivity contribution is 5.96. The van der Waals surface area contributed by atoms with Crippen LogP contribution in [0.1, 0.15) is 46.5 Å². The summed E-state index contributed by atoms with van der Waals surface area (Å²) in [6.45, 7) is 0.238. The van der Waals surface area contributed by atoms with Gasteiger partial charge in [0.05, 0.1) is 11.0 Å². The van der Waals surface area contributed by atoms with E-state index in [2.05, 4.69) is 10.3 Å². The van der Waals surface area contributed by atoms with Crippen molar-refractivity contribution >= 4 is 17.8 Å². The fourth-order valence-corrected chi connectivity index (χ4v) is 3.02. The summed E-state index contributed by atoms with van der Waals surface area (Å²) in [5.74, 6) is -1.56. The molecule has 0 spiro atoms. The van der Waals surface area contributed by atoms with E-state index in [1.807, 2.05) is 0 Å². The predicted molar refractivity (Wildman–Crippen MR) is 83.1 cm³/mol. The van der Waals surface area contributed by atoms with Gasteiger partial charge in [-0.05, 0) is 25.0 Å². The van der Waals surface area contributed by atoms with Crippen LogP contribution in [0.4, 0.5) is 0 Å². The van der Waals surface area contributed by atoms with Gasteiger partial charge in [0.1, 0.15) is 5.69 Å². The lowest BCUT2D eigenvalue weighted by molar-refractivity contribution is -0.138. The first-order valence-electron chi connectivity index (χ1n) is 7.55. The predicted octanol–water partition coefficient (Wildman–Crippen LogP) is 1.16. The molecule has 0 aromatic carbocycles. The van der Waals surface area contributed by atoms with Crippen LogP contribution in [0.5, 0.6) is 0 Å². The smallest absolute Gasteiger partial charge is 0.335 e. The highest BCUT2D eigenvalue weighted by atomic mass is 16.4. The number of amides is 2. The third kappa shape index (κ3) is 3.67. The van der Waals surface area contributed by atoms with Gasteiger partial charge in [0, 0.05) is 26.8 Å². The van der Waals surface area contributed by atoms with E-state index in [1.54, 1.807) is 19.0 Å². The molecular formula is C16H21N3O4. The Hall–Kier alpha value is -2.44. The molecule has 1 fully saturated rings. The quantitative estimate of drug-likeness (QED) is 0.848. The molecule has 0 atom stereocenters. The number of carboxylic acid groups (broad SMARTS) is 1. The molecule has 1 saturated carbocycles. The lowest BCUT2D eigenvalue weighted by Crippen LogP contribution is -2.46. The van der Waals surface area contributed by atoms with Gasteiger partial charge >= 0.3 is 5.97 Å². The minimum atomic E-state index is -1.11. The number of hydrogen-bond donors (Lipinski definition) is 2. The molecule has 7 nitrogen and oxygen atoms in total. The zero-order valence-corrected chi connectivity index (χ0v) is 13.3. The maximum Gasteiger partial charge on any atom is 0.335 e. The molecule has 0 aliphatic heterocycles. The average molecular weight is 319 g/mol. The van der Waals surface area contributed by atoms with Gasteiger partial charge in [-0.15, -0.1) is 0 Å². The van der Waals surface area contributed by atoms with Crippen molar-refractivity contribution < 1.29 is 19.5 Å². The Kier molecular flexibility index (Phi) is 4.98. The summed E-state index contributed by atoms with van der Waals surface area (Å²) in [5, 5.41) is 11.7. The Morgan fingerprint density at radius 3 is 2.52 bits per heavy atom. The van der Waals surface area contributed by atoms with Crippen LogP contribution in [-0.2, 0) is 4.79 Å². The summed E-state index contributed by atoms with van der Waals surface area (Å²) in [4.78, 5) is 41.1. The van der Waals surface area contributed by atoms with Crippen LogP contribution >= 0.6 is 0 Å². The lowest BCUT2D eigenvalue weighted by atomic mass is 9.84. The topological polar surface area (TPSA) is 99.6 Å². The van der Waals surface area contributed by atoms with E-state index in [0.29, 0.717) is 0 Å². The maximum atomic E-state index is 12.4. The van der Waals surface area contributed by atoms with Crippen LogP contribution in [0, 0.1) is 5.41 Å². The summed E-state index contributed by atoms with van der Waals surface area (Å²) in [7, 11) is 3.42. The minimum Gasteiger partial charge on any atom is -0.478 e. The van der Waals surface area contributed by atoms with E-state index in [1.165, 1.54) is 18.3 Å². The molecule has 1 aliphatic carbocycles. The van der Waals surface area contributed by atoms with Gasteiger partial charge in [-0.3, -0.25) is 14.6 Å². The van der Waals surface area contributed by atoms with Crippen LogP contribution in [0.25, 0.3) is 0 Å². The Morgan fingerprint density at radius 1 is 1.30 bits per heavy atom. The summed E-state index contributed by atoms with van der Waals surface area (Å²) < 4.78 is 0. The van der Waals surface area contributed by atoms with E-state index in [9.17, 15) is 14.4 Å². The largest absolute Gasteiger partial charge is 0.478 e. The summed E-state index contributed by atoms with van der Waals surface area (Å²) in [6, 6.07) is 2.56. The molecule has 2 N–H and O–H groups in total. The first-order valence-corrected chi connectivity index (χ1v) is 7.55. The number of aromatic carboxylic acids is 1. The highest BCUT2D eigenvalue weighted by Crippen LogP contribution is 2.38. The third-order valence-corrected chi connectivity index (χ3v) is 4.25. The Balaban J connectivity index is 2.09. The monoisotopic (exact) mass is 319 g/mol. The second-order valence-electron chi connectivity index (χ2n) is 6.10. The van der Waals surface area contributed by atoms with Crippen molar-refractivity contribution in [2.75, 3.05) is 20.6 Å². The van der Waals surface area contributed by atoms with Crippen molar-refractivity contribution in [2.24, 2.45) is 5.41 Å². The lowest BCUT2D eigenvalue weighted by Gasteiger charge is -2.30. The zero-order chi connectivity index (χ0) is 17.0. The number of nitrogens with one attached hydrogen (secondary N) is 1. The second-order valence-corrected chi connectivity index (χ2v) is 6.10. The number of carbonyl (C=O) groups is 3. The van der Waals surface area contributed by atoms with E-state index in [4.69, 9.17) is 5.11 Å². The van der Waals surface area contributed by atoms with Crippen molar-refractivity contribution in [3.8, 4) is 0 Å². The van der Waals surface area contributed by atoms with Crippen molar-refractivity contribution in [3.63, 3.8) is 0 Å². The van der Waals surface area contributed by atoms with Gasteiger partial charge < -0.3 is 15.3 Å². The third-order valence-electron chi connectivity index (χ3n) is 4.25. The highest BCUT2D eigenvalue weighted by Gasteiger charge is 2.42. The number of carboxylic acids is 1. The van der Waals surface area contributed by atoms with Crippen LogP contribution in [0.2, 0.25) is 0 Å². The SMILES string of the molecule is CN(C)C(=O)C1(CNC(=O)c2cc(C(=O)O)ccn2)CCCC1. The molecule has 0 saturated heterocycles. The molecule has 124 valence electrons. The van der Waals surface area contributed by atoms with Crippen LogP contribution in [-0.4, -0.2) is 53.4 Å².